The van der Waals surface area contributed by atoms with Crippen LogP contribution in [0, 0.1) is 0 Å². The summed E-state index contributed by atoms with van der Waals surface area (Å²) in [5, 5.41) is 9.32. The van der Waals surface area contributed by atoms with Gasteiger partial charge in [0.2, 0.25) is 5.72 Å². The number of hydrogen-bond donors (Lipinski definition) is 1. The van der Waals surface area contributed by atoms with Crippen molar-refractivity contribution in [1.29, 1.82) is 0 Å². The maximum Gasteiger partial charge on any atom is 0.224 e. The zero-order valence-corrected chi connectivity index (χ0v) is 13.8. The molecule has 3 rings (SSSR count). The zero-order valence-electron chi connectivity index (χ0n) is 13.1. The first-order valence-corrected chi connectivity index (χ1v) is 7.81. The molecule has 0 saturated heterocycles. The number of nitrogens with one attached hydrogen (secondary N) is 1. The largest absolute Gasteiger partial charge is 0.366 e. The second-order valence-electron chi connectivity index (χ2n) is 5.72. The lowest BCUT2D eigenvalue weighted by Gasteiger charge is -2.21. The fourth-order valence-corrected chi connectivity index (χ4v) is 2.47. The highest BCUT2D eigenvalue weighted by Gasteiger charge is 2.34. The van der Waals surface area contributed by atoms with Gasteiger partial charge in [0, 0.05) is 5.02 Å². The zero-order chi connectivity index (χ0) is 16.3. The fourth-order valence-electron chi connectivity index (χ4n) is 2.34. The molecule has 5 heteroatoms. The highest BCUT2D eigenvalue weighted by atomic mass is 35.5. The molecule has 0 fully saturated rings. The van der Waals surface area contributed by atoms with Gasteiger partial charge in [0.15, 0.2) is 0 Å². The van der Waals surface area contributed by atoms with E-state index >= 15 is 0 Å². The van der Waals surface area contributed by atoms with E-state index in [-0.39, 0.29) is 0 Å². The van der Waals surface area contributed by atoms with Crippen molar-refractivity contribution in [2.45, 2.75) is 26.0 Å². The number of rotatable bonds is 4. The topological polar surface area (TPSA) is 46.0 Å². The van der Waals surface area contributed by atoms with Gasteiger partial charge in [0.1, 0.15) is 0 Å². The summed E-state index contributed by atoms with van der Waals surface area (Å²) in [6, 6.07) is 17.6. The van der Waals surface area contributed by atoms with Crippen molar-refractivity contribution >= 4 is 23.0 Å². The van der Waals surface area contributed by atoms with Crippen molar-refractivity contribution in [3.8, 4) is 0 Å². The Morgan fingerprint density at radius 2 is 1.87 bits per heavy atom. The van der Waals surface area contributed by atoms with Crippen molar-refractivity contribution in [1.82, 2.24) is 5.43 Å². The van der Waals surface area contributed by atoms with Gasteiger partial charge in [-0.05, 0) is 37.1 Å². The van der Waals surface area contributed by atoms with Crippen LogP contribution in [0.2, 0.25) is 5.02 Å². The molecule has 0 aromatic heterocycles. The first-order chi connectivity index (χ1) is 11.1. The van der Waals surface area contributed by atoms with Crippen molar-refractivity contribution in [2.75, 3.05) is 0 Å². The molecule has 0 bridgehead atoms. The van der Waals surface area contributed by atoms with Crippen LogP contribution in [-0.4, -0.2) is 17.1 Å². The lowest BCUT2D eigenvalue weighted by molar-refractivity contribution is -0.0298. The Morgan fingerprint density at radius 1 is 1.17 bits per heavy atom. The number of benzene rings is 2. The normalized spacial score (nSPS) is 20.8. The van der Waals surface area contributed by atoms with Gasteiger partial charge < -0.3 is 4.84 Å². The van der Waals surface area contributed by atoms with E-state index in [1.165, 1.54) is 0 Å². The summed E-state index contributed by atoms with van der Waals surface area (Å²) in [6.07, 6.45) is 0.625. The minimum absolute atomic E-state index is 0.625. The highest BCUT2D eigenvalue weighted by molar-refractivity contribution is 6.30. The Kier molecular flexibility index (Phi) is 4.35. The van der Waals surface area contributed by atoms with Gasteiger partial charge in [-0.15, -0.1) is 0 Å². The molecule has 0 amide bonds. The quantitative estimate of drug-likeness (QED) is 0.676. The average molecular weight is 328 g/mol. The van der Waals surface area contributed by atoms with Crippen LogP contribution in [-0.2, 0) is 4.84 Å². The molecule has 1 N–H and O–H groups in total. The maximum absolute atomic E-state index is 5.92. The molecule has 4 nitrogen and oxygen atoms in total. The van der Waals surface area contributed by atoms with Crippen LogP contribution in [0.1, 0.15) is 31.4 Å². The van der Waals surface area contributed by atoms with Crippen LogP contribution in [0.4, 0.5) is 0 Å². The molecule has 0 spiro atoms. The molecule has 0 saturated carbocycles. The van der Waals surface area contributed by atoms with Gasteiger partial charge in [0.05, 0.1) is 17.8 Å². The van der Waals surface area contributed by atoms with Crippen molar-refractivity contribution in [2.24, 2.45) is 10.3 Å². The molecule has 0 aliphatic carbocycles. The lowest BCUT2D eigenvalue weighted by atomic mass is 10.0. The van der Waals surface area contributed by atoms with E-state index in [4.69, 9.17) is 16.4 Å². The number of oxime groups is 1. The predicted molar refractivity (Wildman–Crippen MR) is 93.9 cm³/mol. The molecule has 2 aromatic rings. The fraction of sp³-hybridized carbons (Fsp3) is 0.222. The summed E-state index contributed by atoms with van der Waals surface area (Å²) >= 11 is 5.92. The summed E-state index contributed by atoms with van der Waals surface area (Å²) in [7, 11) is 0. The van der Waals surface area contributed by atoms with Crippen molar-refractivity contribution in [3.05, 3.63) is 70.7 Å². The molecule has 118 valence electrons. The number of nitrogens with zero attached hydrogens (tertiary/aromatic N) is 2. The van der Waals surface area contributed by atoms with Crippen molar-refractivity contribution < 1.29 is 4.84 Å². The smallest absolute Gasteiger partial charge is 0.224 e. The van der Waals surface area contributed by atoms with Gasteiger partial charge in [0.25, 0.3) is 0 Å². The summed E-state index contributed by atoms with van der Waals surface area (Å²) in [5.74, 6) is 0. The first kappa shape index (κ1) is 15.6. The van der Waals surface area contributed by atoms with E-state index in [0.29, 0.717) is 11.4 Å². The summed E-state index contributed by atoms with van der Waals surface area (Å²) < 4.78 is 0. The molecule has 2 aromatic carbocycles. The third-order valence-electron chi connectivity index (χ3n) is 3.69. The van der Waals surface area contributed by atoms with Gasteiger partial charge in [-0.25, -0.2) is 0 Å². The van der Waals surface area contributed by atoms with E-state index in [1.54, 1.807) is 0 Å². The Labute approximate surface area is 140 Å². The van der Waals surface area contributed by atoms with Crippen LogP contribution in [0.15, 0.2) is 64.9 Å². The molecule has 1 aliphatic rings. The predicted octanol–water partition coefficient (Wildman–Crippen LogP) is 4.19. The van der Waals surface area contributed by atoms with Crippen molar-refractivity contribution in [3.63, 3.8) is 0 Å². The molecular weight excluding hydrogens is 310 g/mol. The van der Waals surface area contributed by atoms with Gasteiger partial charge in [-0.1, -0.05) is 59.2 Å². The molecule has 23 heavy (non-hydrogen) atoms. The monoisotopic (exact) mass is 327 g/mol. The van der Waals surface area contributed by atoms with Gasteiger partial charge in [-0.3, -0.25) is 5.43 Å². The summed E-state index contributed by atoms with van der Waals surface area (Å²) in [6.45, 7) is 3.89. The second-order valence-corrected chi connectivity index (χ2v) is 6.16. The highest BCUT2D eigenvalue weighted by Crippen LogP contribution is 2.25. The first-order valence-electron chi connectivity index (χ1n) is 7.44. The molecule has 1 atom stereocenters. The minimum atomic E-state index is -0.648. The van der Waals surface area contributed by atoms with E-state index < -0.39 is 5.72 Å². The van der Waals surface area contributed by atoms with Crippen LogP contribution in [0.25, 0.3) is 0 Å². The maximum atomic E-state index is 5.92. The Bertz CT molecular complexity index is 741. The van der Waals surface area contributed by atoms with Crippen LogP contribution >= 0.6 is 11.6 Å². The number of hydrazone groups is 1. The van der Waals surface area contributed by atoms with E-state index in [9.17, 15) is 0 Å². The lowest BCUT2D eigenvalue weighted by Crippen LogP contribution is -2.39. The third-order valence-corrected chi connectivity index (χ3v) is 3.94. The standard InChI is InChI=1S/C18H18ClN3O/c1-13(14-6-4-3-5-7-14)20-22-18(2)12-17(21-23-18)15-8-10-16(19)11-9-15/h3-11,22H,12H2,1-2H3/b20-13+. The van der Waals surface area contributed by atoms with E-state index in [0.717, 1.165) is 22.6 Å². The Hall–Kier alpha value is -2.33. The molecule has 0 radical (unpaired) electrons. The van der Waals surface area contributed by atoms with Crippen LogP contribution < -0.4 is 5.43 Å². The molecule has 1 unspecified atom stereocenters. The molecule has 1 heterocycles. The minimum Gasteiger partial charge on any atom is -0.366 e. The van der Waals surface area contributed by atoms with Crippen LogP contribution in [0.5, 0.6) is 0 Å². The van der Waals surface area contributed by atoms with E-state index in [2.05, 4.69) is 15.7 Å². The molecule has 1 aliphatic heterocycles. The third kappa shape index (κ3) is 3.71. The number of hydrogen-bond acceptors (Lipinski definition) is 4. The number of halogens is 1. The average Bonchev–Trinajstić information content (AvgIpc) is 2.97. The van der Waals surface area contributed by atoms with E-state index in [1.807, 2.05) is 68.4 Å². The van der Waals surface area contributed by atoms with Gasteiger partial charge in [-0.2, -0.15) is 5.10 Å². The second kappa shape index (κ2) is 6.42. The SMILES string of the molecule is C/C(=N\NC1(C)CC(c2ccc(Cl)cc2)=NO1)c1ccccc1. The van der Waals surface area contributed by atoms with Crippen LogP contribution in [0.3, 0.4) is 0 Å². The van der Waals surface area contributed by atoms with Gasteiger partial charge >= 0.3 is 0 Å². The molecular formula is C18H18ClN3O. The summed E-state index contributed by atoms with van der Waals surface area (Å²) in [5.41, 5.74) is 6.30. The Morgan fingerprint density at radius 3 is 2.57 bits per heavy atom. The Balaban J connectivity index is 1.67. The summed E-state index contributed by atoms with van der Waals surface area (Å²) in [4.78, 5) is 5.56.